The summed E-state index contributed by atoms with van der Waals surface area (Å²) in [7, 11) is 0. The highest BCUT2D eigenvalue weighted by Gasteiger charge is 2.24. The quantitative estimate of drug-likeness (QED) is 0.118. The van der Waals surface area contributed by atoms with Gasteiger partial charge in [0.1, 0.15) is 18.2 Å². The van der Waals surface area contributed by atoms with Gasteiger partial charge >= 0.3 is 5.97 Å². The molecule has 0 aromatic heterocycles. The maximum absolute atomic E-state index is 13.4. The van der Waals surface area contributed by atoms with Gasteiger partial charge in [-0.05, 0) is 110 Å². The summed E-state index contributed by atoms with van der Waals surface area (Å²) in [5.41, 5.74) is 4.71. The Bertz CT molecular complexity index is 1480. The van der Waals surface area contributed by atoms with Gasteiger partial charge in [-0.3, -0.25) is 0 Å². The number of rotatable bonds is 6. The van der Waals surface area contributed by atoms with Gasteiger partial charge in [0, 0.05) is 5.56 Å². The molecule has 0 atom stereocenters. The van der Waals surface area contributed by atoms with Gasteiger partial charge in [0.15, 0.2) is 5.70 Å². The Balaban J connectivity index is 1.34. The summed E-state index contributed by atoms with van der Waals surface area (Å²) >= 11 is 4.38. The van der Waals surface area contributed by atoms with Crippen LogP contribution >= 0.6 is 45.2 Å². The van der Waals surface area contributed by atoms with E-state index < -0.39 is 5.97 Å². The Morgan fingerprint density at radius 1 is 0.833 bits per heavy atom. The first-order chi connectivity index (χ1) is 17.5. The number of benzene rings is 4. The van der Waals surface area contributed by atoms with Crippen LogP contribution in [0.25, 0.3) is 17.2 Å². The Hall–Kier alpha value is -3.05. The van der Waals surface area contributed by atoms with Gasteiger partial charge in [-0.1, -0.05) is 54.6 Å². The van der Waals surface area contributed by atoms with Gasteiger partial charge in [-0.15, -0.1) is 0 Å². The Kier molecular flexibility index (Phi) is 7.47. The topological polar surface area (TPSA) is 47.9 Å². The third-order valence-corrected chi connectivity index (χ3v) is 7.06. The lowest BCUT2D eigenvalue weighted by Crippen LogP contribution is -2.05. The van der Waals surface area contributed by atoms with E-state index in [0.717, 1.165) is 35.0 Å². The molecule has 0 spiro atoms. The number of halogens is 3. The summed E-state index contributed by atoms with van der Waals surface area (Å²) in [6.45, 7) is 0.257. The molecule has 0 aliphatic carbocycles. The molecule has 1 aliphatic rings. The fraction of sp³-hybridized carbons (Fsp3) is 0.0345. The molecule has 0 bridgehead atoms. The van der Waals surface area contributed by atoms with E-state index in [1.807, 2.05) is 72.8 Å². The molecule has 178 valence electrons. The number of aliphatic imine (C=N–C) groups is 1. The number of carbonyl (C=O) groups is 1. The molecule has 1 heterocycles. The molecule has 4 aromatic rings. The summed E-state index contributed by atoms with van der Waals surface area (Å²) < 4.78 is 26.6. The van der Waals surface area contributed by atoms with Crippen molar-refractivity contribution in [3.63, 3.8) is 0 Å². The molecular formula is C29H18FI2NO3. The van der Waals surface area contributed by atoms with E-state index in [2.05, 4.69) is 50.2 Å². The zero-order chi connectivity index (χ0) is 25.1. The first-order valence-corrected chi connectivity index (χ1v) is 13.2. The van der Waals surface area contributed by atoms with Crippen molar-refractivity contribution in [2.24, 2.45) is 4.99 Å². The minimum absolute atomic E-state index is 0.233. The maximum atomic E-state index is 13.4. The molecule has 5 rings (SSSR count). The van der Waals surface area contributed by atoms with E-state index in [-0.39, 0.29) is 24.0 Å². The van der Waals surface area contributed by atoms with Crippen molar-refractivity contribution in [2.45, 2.75) is 6.61 Å². The Labute approximate surface area is 235 Å². The number of ether oxygens (including phenoxy) is 2. The van der Waals surface area contributed by atoms with Crippen LogP contribution in [-0.4, -0.2) is 11.9 Å². The molecule has 0 fully saturated rings. The molecule has 36 heavy (non-hydrogen) atoms. The average Bonchev–Trinajstić information content (AvgIpc) is 3.24. The average molecular weight is 701 g/mol. The Morgan fingerprint density at radius 3 is 2.19 bits per heavy atom. The first kappa shape index (κ1) is 24.6. The lowest BCUT2D eigenvalue weighted by Gasteiger charge is -2.11. The highest BCUT2D eigenvalue weighted by atomic mass is 127. The molecule has 4 nitrogen and oxygen atoms in total. The van der Waals surface area contributed by atoms with E-state index in [4.69, 9.17) is 9.47 Å². The number of carbonyl (C=O) groups excluding carboxylic acids is 1. The van der Waals surface area contributed by atoms with Gasteiger partial charge in [-0.2, -0.15) is 0 Å². The lowest BCUT2D eigenvalue weighted by molar-refractivity contribution is -0.129. The number of esters is 1. The second-order valence-corrected chi connectivity index (χ2v) is 10.3. The molecule has 0 unspecified atom stereocenters. The highest BCUT2D eigenvalue weighted by molar-refractivity contribution is 14.1. The van der Waals surface area contributed by atoms with Gasteiger partial charge < -0.3 is 9.47 Å². The van der Waals surface area contributed by atoms with Crippen molar-refractivity contribution in [3.8, 4) is 16.9 Å². The number of hydrogen-bond donors (Lipinski definition) is 0. The van der Waals surface area contributed by atoms with Crippen LogP contribution in [0.4, 0.5) is 4.39 Å². The summed E-state index contributed by atoms with van der Waals surface area (Å²) in [5.74, 6) is 0.205. The SMILES string of the molecule is O=C1OC(c2ccc(-c3ccccc3)cc2)=N/C1=C\c1cc(I)c(OCc2cccc(F)c2)c(I)c1. The zero-order valence-electron chi connectivity index (χ0n) is 18.8. The summed E-state index contributed by atoms with van der Waals surface area (Å²) in [6, 6.07) is 28.0. The molecule has 0 saturated carbocycles. The predicted octanol–water partition coefficient (Wildman–Crippen LogP) is 7.63. The van der Waals surface area contributed by atoms with E-state index in [0.29, 0.717) is 5.75 Å². The number of nitrogens with zero attached hydrogens (tertiary/aromatic N) is 1. The van der Waals surface area contributed by atoms with Gasteiger partial charge in [-0.25, -0.2) is 14.2 Å². The summed E-state index contributed by atoms with van der Waals surface area (Å²) in [6.07, 6.45) is 1.70. The van der Waals surface area contributed by atoms with Crippen LogP contribution in [0, 0.1) is 13.0 Å². The fourth-order valence-corrected chi connectivity index (χ4v) is 5.84. The van der Waals surface area contributed by atoms with Gasteiger partial charge in [0.25, 0.3) is 0 Å². The molecular weight excluding hydrogens is 683 g/mol. The molecule has 4 aromatic carbocycles. The van der Waals surface area contributed by atoms with Crippen LogP contribution in [-0.2, 0) is 16.1 Å². The molecule has 0 radical (unpaired) electrons. The lowest BCUT2D eigenvalue weighted by atomic mass is 10.0. The number of hydrogen-bond acceptors (Lipinski definition) is 4. The first-order valence-electron chi connectivity index (χ1n) is 11.0. The molecule has 7 heteroatoms. The second kappa shape index (κ2) is 10.9. The normalized spacial score (nSPS) is 14.0. The minimum atomic E-state index is -0.492. The minimum Gasteiger partial charge on any atom is -0.487 e. The smallest absolute Gasteiger partial charge is 0.363 e. The van der Waals surface area contributed by atoms with Crippen molar-refractivity contribution in [1.82, 2.24) is 0 Å². The van der Waals surface area contributed by atoms with Crippen LogP contribution < -0.4 is 4.74 Å². The fourth-order valence-electron chi connectivity index (χ4n) is 3.71. The maximum Gasteiger partial charge on any atom is 0.363 e. The molecule has 1 aliphatic heterocycles. The molecule has 0 amide bonds. The standard InChI is InChI=1S/C29H18FI2NO3/c30-23-8-4-5-18(13-23)17-35-27-24(31)14-19(15-25(27)32)16-26-29(34)36-28(33-26)22-11-9-21(10-12-22)20-6-2-1-3-7-20/h1-16H,17H2/b26-16-. The monoisotopic (exact) mass is 701 g/mol. The van der Waals surface area contributed by atoms with Crippen molar-refractivity contribution in [1.29, 1.82) is 0 Å². The molecule has 0 saturated heterocycles. The van der Waals surface area contributed by atoms with E-state index in [9.17, 15) is 9.18 Å². The van der Waals surface area contributed by atoms with Crippen LogP contribution in [0.1, 0.15) is 16.7 Å². The van der Waals surface area contributed by atoms with Crippen molar-refractivity contribution < 1.29 is 18.7 Å². The summed E-state index contributed by atoms with van der Waals surface area (Å²) in [4.78, 5) is 16.9. The van der Waals surface area contributed by atoms with Crippen LogP contribution in [0.2, 0.25) is 0 Å². The van der Waals surface area contributed by atoms with Crippen LogP contribution in [0.5, 0.6) is 5.75 Å². The van der Waals surface area contributed by atoms with Crippen LogP contribution in [0.15, 0.2) is 102 Å². The van der Waals surface area contributed by atoms with Crippen molar-refractivity contribution in [2.75, 3.05) is 0 Å². The predicted molar refractivity (Wildman–Crippen MR) is 155 cm³/mol. The van der Waals surface area contributed by atoms with Crippen molar-refractivity contribution in [3.05, 3.63) is 126 Å². The van der Waals surface area contributed by atoms with Gasteiger partial charge in [0.05, 0.1) is 7.14 Å². The van der Waals surface area contributed by atoms with Gasteiger partial charge in [0.2, 0.25) is 5.90 Å². The third kappa shape index (κ3) is 5.67. The van der Waals surface area contributed by atoms with Crippen LogP contribution in [0.3, 0.4) is 0 Å². The van der Waals surface area contributed by atoms with Crippen molar-refractivity contribution >= 4 is 63.1 Å². The summed E-state index contributed by atoms with van der Waals surface area (Å²) in [5, 5.41) is 0. The third-order valence-electron chi connectivity index (χ3n) is 5.46. The highest BCUT2D eigenvalue weighted by Crippen LogP contribution is 2.31. The van der Waals surface area contributed by atoms with E-state index in [1.165, 1.54) is 12.1 Å². The number of cyclic esters (lactones) is 1. The second-order valence-electron chi connectivity index (χ2n) is 8.01. The Morgan fingerprint density at radius 2 is 1.50 bits per heavy atom. The van der Waals surface area contributed by atoms with E-state index in [1.54, 1.807) is 12.1 Å². The largest absolute Gasteiger partial charge is 0.487 e. The molecule has 0 N–H and O–H groups in total. The zero-order valence-corrected chi connectivity index (χ0v) is 23.1. The van der Waals surface area contributed by atoms with E-state index >= 15 is 0 Å².